The summed E-state index contributed by atoms with van der Waals surface area (Å²) in [6, 6.07) is 1.07. The van der Waals surface area contributed by atoms with E-state index in [1.54, 1.807) is 0 Å². The van der Waals surface area contributed by atoms with Gasteiger partial charge in [0.15, 0.2) is 0 Å². The predicted molar refractivity (Wildman–Crippen MR) is 78.3 cm³/mol. The van der Waals surface area contributed by atoms with Crippen molar-refractivity contribution < 1.29 is 9.90 Å². The van der Waals surface area contributed by atoms with E-state index in [-0.39, 0.29) is 12.6 Å². The summed E-state index contributed by atoms with van der Waals surface area (Å²) >= 11 is 0. The van der Waals surface area contributed by atoms with E-state index in [1.165, 1.54) is 32.1 Å². The summed E-state index contributed by atoms with van der Waals surface area (Å²) in [5, 5.41) is 12.6. The molecule has 2 aliphatic carbocycles. The van der Waals surface area contributed by atoms with Crippen LogP contribution in [0.2, 0.25) is 0 Å². The number of amides is 1. The number of carbonyl (C=O) groups is 1. The molecule has 0 radical (unpaired) electrons. The SMILES string of the molecule is O=C(C1CC2CCCCC2N1)N(CCCO)C1CCC1. The first-order valence-corrected chi connectivity index (χ1v) is 8.47. The third-order valence-corrected chi connectivity index (χ3v) is 5.52. The Labute approximate surface area is 121 Å². The maximum absolute atomic E-state index is 12.8. The molecule has 2 saturated carbocycles. The minimum Gasteiger partial charge on any atom is -0.396 e. The van der Waals surface area contributed by atoms with Gasteiger partial charge in [-0.05, 0) is 50.9 Å². The number of fused-ring (bicyclic) bond motifs is 1. The summed E-state index contributed by atoms with van der Waals surface area (Å²) in [5.41, 5.74) is 0. The Bertz CT molecular complexity index is 329. The number of aliphatic hydroxyl groups is 1. The van der Waals surface area contributed by atoms with Gasteiger partial charge in [0.05, 0.1) is 6.04 Å². The quantitative estimate of drug-likeness (QED) is 0.805. The van der Waals surface area contributed by atoms with Crippen LogP contribution in [0.4, 0.5) is 0 Å². The van der Waals surface area contributed by atoms with Gasteiger partial charge in [-0.15, -0.1) is 0 Å². The fourth-order valence-electron chi connectivity index (χ4n) is 4.12. The molecule has 0 bridgehead atoms. The van der Waals surface area contributed by atoms with Crippen LogP contribution in [-0.2, 0) is 4.79 Å². The first-order chi connectivity index (χ1) is 9.79. The molecule has 2 N–H and O–H groups in total. The largest absolute Gasteiger partial charge is 0.396 e. The third kappa shape index (κ3) is 2.86. The summed E-state index contributed by atoms with van der Waals surface area (Å²) in [6.07, 6.45) is 10.5. The maximum Gasteiger partial charge on any atom is 0.239 e. The Hall–Kier alpha value is -0.610. The van der Waals surface area contributed by atoms with Crippen molar-refractivity contribution in [2.75, 3.05) is 13.2 Å². The van der Waals surface area contributed by atoms with Gasteiger partial charge in [-0.2, -0.15) is 0 Å². The molecule has 3 atom stereocenters. The summed E-state index contributed by atoms with van der Waals surface area (Å²) in [7, 11) is 0. The highest BCUT2D eigenvalue weighted by Gasteiger charge is 2.41. The maximum atomic E-state index is 12.8. The zero-order valence-electron chi connectivity index (χ0n) is 12.4. The van der Waals surface area contributed by atoms with Gasteiger partial charge in [-0.3, -0.25) is 4.79 Å². The number of hydrogen-bond donors (Lipinski definition) is 2. The summed E-state index contributed by atoms with van der Waals surface area (Å²) in [6.45, 7) is 0.910. The number of carbonyl (C=O) groups excluding carboxylic acids is 1. The molecular formula is C16H28N2O2. The van der Waals surface area contributed by atoms with E-state index in [0.717, 1.165) is 31.7 Å². The molecule has 0 aromatic heterocycles. The third-order valence-electron chi connectivity index (χ3n) is 5.52. The van der Waals surface area contributed by atoms with E-state index in [0.29, 0.717) is 24.4 Å². The fraction of sp³-hybridized carbons (Fsp3) is 0.938. The Kier molecular flexibility index (Phi) is 4.61. The molecular weight excluding hydrogens is 252 g/mol. The van der Waals surface area contributed by atoms with Crippen molar-refractivity contribution in [3.05, 3.63) is 0 Å². The van der Waals surface area contributed by atoms with Crippen LogP contribution in [0, 0.1) is 5.92 Å². The lowest BCUT2D eigenvalue weighted by molar-refractivity contribution is -0.137. The van der Waals surface area contributed by atoms with Crippen LogP contribution in [0.5, 0.6) is 0 Å². The van der Waals surface area contributed by atoms with Crippen LogP contribution in [0.25, 0.3) is 0 Å². The van der Waals surface area contributed by atoms with Crippen LogP contribution < -0.4 is 5.32 Å². The van der Waals surface area contributed by atoms with Gasteiger partial charge in [0, 0.05) is 25.2 Å². The molecule has 0 aromatic rings. The topological polar surface area (TPSA) is 52.6 Å². The van der Waals surface area contributed by atoms with Crippen molar-refractivity contribution in [3.63, 3.8) is 0 Å². The number of aliphatic hydroxyl groups excluding tert-OH is 1. The lowest BCUT2D eigenvalue weighted by Crippen LogP contribution is -2.52. The van der Waals surface area contributed by atoms with Gasteiger partial charge < -0.3 is 15.3 Å². The van der Waals surface area contributed by atoms with Gasteiger partial charge >= 0.3 is 0 Å². The molecule has 1 heterocycles. The second-order valence-electron chi connectivity index (χ2n) is 6.80. The first-order valence-electron chi connectivity index (χ1n) is 8.47. The highest BCUT2D eigenvalue weighted by atomic mass is 16.3. The van der Waals surface area contributed by atoms with Crippen LogP contribution >= 0.6 is 0 Å². The Morgan fingerprint density at radius 1 is 1.15 bits per heavy atom. The number of rotatable bonds is 5. The second-order valence-corrected chi connectivity index (χ2v) is 6.80. The lowest BCUT2D eigenvalue weighted by atomic mass is 9.85. The van der Waals surface area contributed by atoms with E-state index in [2.05, 4.69) is 10.2 Å². The Morgan fingerprint density at radius 3 is 2.60 bits per heavy atom. The van der Waals surface area contributed by atoms with Crippen molar-refractivity contribution in [2.24, 2.45) is 5.92 Å². The zero-order valence-corrected chi connectivity index (χ0v) is 12.4. The highest BCUT2D eigenvalue weighted by molar-refractivity contribution is 5.82. The molecule has 1 aliphatic heterocycles. The van der Waals surface area contributed by atoms with Crippen LogP contribution in [0.15, 0.2) is 0 Å². The van der Waals surface area contributed by atoms with Crippen LogP contribution in [0.3, 0.4) is 0 Å². The van der Waals surface area contributed by atoms with Crippen molar-refractivity contribution in [1.82, 2.24) is 10.2 Å². The molecule has 3 unspecified atom stereocenters. The van der Waals surface area contributed by atoms with Crippen molar-refractivity contribution in [1.29, 1.82) is 0 Å². The van der Waals surface area contributed by atoms with Gasteiger partial charge in [0.2, 0.25) is 5.91 Å². The lowest BCUT2D eigenvalue weighted by Gasteiger charge is -2.39. The van der Waals surface area contributed by atoms with Crippen LogP contribution in [-0.4, -0.2) is 47.2 Å². The monoisotopic (exact) mass is 280 g/mol. The fourth-order valence-corrected chi connectivity index (χ4v) is 4.12. The molecule has 1 saturated heterocycles. The minimum atomic E-state index is 0.0439. The summed E-state index contributed by atoms with van der Waals surface area (Å²) in [5.74, 6) is 1.02. The predicted octanol–water partition coefficient (Wildman–Crippen LogP) is 1.67. The van der Waals surface area contributed by atoms with E-state index in [4.69, 9.17) is 5.11 Å². The van der Waals surface area contributed by atoms with Crippen LogP contribution in [0.1, 0.15) is 57.8 Å². The molecule has 114 valence electrons. The molecule has 0 aromatic carbocycles. The number of nitrogens with zero attached hydrogens (tertiary/aromatic N) is 1. The van der Waals surface area contributed by atoms with Crippen molar-refractivity contribution in [2.45, 2.75) is 75.9 Å². The van der Waals surface area contributed by atoms with Crippen molar-refractivity contribution >= 4 is 5.91 Å². The van der Waals surface area contributed by atoms with E-state index >= 15 is 0 Å². The summed E-state index contributed by atoms with van der Waals surface area (Å²) in [4.78, 5) is 14.9. The summed E-state index contributed by atoms with van der Waals surface area (Å²) < 4.78 is 0. The molecule has 3 aliphatic rings. The Morgan fingerprint density at radius 2 is 1.95 bits per heavy atom. The molecule has 3 rings (SSSR count). The van der Waals surface area contributed by atoms with Gasteiger partial charge in [-0.25, -0.2) is 0 Å². The minimum absolute atomic E-state index is 0.0439. The normalized spacial score (nSPS) is 33.5. The van der Waals surface area contributed by atoms with Gasteiger partial charge in [0.25, 0.3) is 0 Å². The number of hydrogen-bond acceptors (Lipinski definition) is 3. The average Bonchev–Trinajstić information content (AvgIpc) is 2.84. The van der Waals surface area contributed by atoms with Gasteiger partial charge in [0.1, 0.15) is 0 Å². The van der Waals surface area contributed by atoms with Gasteiger partial charge in [-0.1, -0.05) is 12.8 Å². The molecule has 1 amide bonds. The standard InChI is InChI=1S/C16H28N2O2/c19-10-4-9-18(13-6-3-7-13)16(20)15-11-12-5-1-2-8-14(12)17-15/h12-15,17,19H,1-11H2. The Balaban J connectivity index is 1.60. The van der Waals surface area contributed by atoms with E-state index < -0.39 is 0 Å². The molecule has 3 fully saturated rings. The first kappa shape index (κ1) is 14.3. The molecule has 20 heavy (non-hydrogen) atoms. The average molecular weight is 280 g/mol. The molecule has 4 heteroatoms. The highest BCUT2D eigenvalue weighted by Crippen LogP contribution is 2.34. The molecule has 4 nitrogen and oxygen atoms in total. The smallest absolute Gasteiger partial charge is 0.239 e. The van der Waals surface area contributed by atoms with E-state index in [9.17, 15) is 4.79 Å². The van der Waals surface area contributed by atoms with Crippen molar-refractivity contribution in [3.8, 4) is 0 Å². The van der Waals surface area contributed by atoms with E-state index in [1.807, 2.05) is 0 Å². The molecule has 0 spiro atoms. The second kappa shape index (κ2) is 6.44. The number of nitrogens with one attached hydrogen (secondary N) is 1. The zero-order chi connectivity index (χ0) is 13.9.